The standard InChI is InChI=1S/C18H22BrNO/c1-20-16(9-8-14-6-4-3-5-7-14)12-15-13-17(21-2)10-11-18(15)19/h3-7,10-11,13,16,20H,8-9,12H2,1-2H3. The molecule has 21 heavy (non-hydrogen) atoms. The molecular formula is C18H22BrNO. The highest BCUT2D eigenvalue weighted by Gasteiger charge is 2.11. The van der Waals surface area contributed by atoms with Gasteiger partial charge in [-0.1, -0.05) is 46.3 Å². The zero-order valence-corrected chi connectivity index (χ0v) is 14.2. The van der Waals surface area contributed by atoms with E-state index in [4.69, 9.17) is 4.74 Å². The second-order valence-electron chi connectivity index (χ2n) is 5.17. The number of methoxy groups -OCH3 is 1. The summed E-state index contributed by atoms with van der Waals surface area (Å²) < 4.78 is 6.46. The molecule has 2 rings (SSSR count). The average Bonchev–Trinajstić information content (AvgIpc) is 2.54. The Morgan fingerprint density at radius 3 is 2.57 bits per heavy atom. The van der Waals surface area contributed by atoms with E-state index >= 15 is 0 Å². The third kappa shape index (κ3) is 4.87. The highest BCUT2D eigenvalue weighted by molar-refractivity contribution is 9.10. The Balaban J connectivity index is 1.99. The Kier molecular flexibility index (Phi) is 6.27. The molecule has 0 bridgehead atoms. The van der Waals surface area contributed by atoms with Crippen LogP contribution in [0.25, 0.3) is 0 Å². The Morgan fingerprint density at radius 2 is 1.90 bits per heavy atom. The van der Waals surface area contributed by atoms with E-state index in [1.165, 1.54) is 11.1 Å². The van der Waals surface area contributed by atoms with Crippen molar-refractivity contribution < 1.29 is 4.74 Å². The van der Waals surface area contributed by atoms with Crippen LogP contribution in [0.1, 0.15) is 17.5 Å². The van der Waals surface area contributed by atoms with Gasteiger partial charge in [0, 0.05) is 10.5 Å². The molecule has 0 spiro atoms. The van der Waals surface area contributed by atoms with Gasteiger partial charge in [0.05, 0.1) is 7.11 Å². The van der Waals surface area contributed by atoms with Crippen molar-refractivity contribution in [2.45, 2.75) is 25.3 Å². The Bertz CT molecular complexity index is 556. The maximum Gasteiger partial charge on any atom is 0.119 e. The molecule has 2 aromatic carbocycles. The van der Waals surface area contributed by atoms with E-state index < -0.39 is 0 Å². The Labute approximate surface area is 135 Å². The topological polar surface area (TPSA) is 21.3 Å². The van der Waals surface area contributed by atoms with Crippen molar-refractivity contribution >= 4 is 15.9 Å². The summed E-state index contributed by atoms with van der Waals surface area (Å²) in [6.45, 7) is 0. The predicted octanol–water partition coefficient (Wildman–Crippen LogP) is 4.22. The number of rotatable bonds is 7. The minimum Gasteiger partial charge on any atom is -0.497 e. The first-order valence-electron chi connectivity index (χ1n) is 7.26. The van der Waals surface area contributed by atoms with Crippen LogP contribution in [0.5, 0.6) is 5.75 Å². The van der Waals surface area contributed by atoms with E-state index in [2.05, 4.69) is 63.7 Å². The number of nitrogens with one attached hydrogen (secondary N) is 1. The van der Waals surface area contributed by atoms with Gasteiger partial charge < -0.3 is 10.1 Å². The lowest BCUT2D eigenvalue weighted by Gasteiger charge is -2.17. The molecule has 0 fully saturated rings. The molecule has 0 aliphatic carbocycles. The Hall–Kier alpha value is -1.32. The molecule has 2 aromatic rings. The number of benzene rings is 2. The first-order valence-corrected chi connectivity index (χ1v) is 8.06. The Morgan fingerprint density at radius 1 is 1.14 bits per heavy atom. The van der Waals surface area contributed by atoms with Crippen molar-refractivity contribution in [3.63, 3.8) is 0 Å². The van der Waals surface area contributed by atoms with Gasteiger partial charge >= 0.3 is 0 Å². The SMILES string of the molecule is CNC(CCc1ccccc1)Cc1cc(OC)ccc1Br. The normalized spacial score (nSPS) is 12.1. The lowest BCUT2D eigenvalue weighted by molar-refractivity contribution is 0.413. The van der Waals surface area contributed by atoms with E-state index in [0.29, 0.717) is 6.04 Å². The van der Waals surface area contributed by atoms with Gasteiger partial charge in [0.1, 0.15) is 5.75 Å². The van der Waals surface area contributed by atoms with Crippen molar-refractivity contribution in [1.82, 2.24) is 5.32 Å². The van der Waals surface area contributed by atoms with Crippen LogP contribution in [0.15, 0.2) is 53.0 Å². The molecule has 3 heteroatoms. The third-order valence-corrected chi connectivity index (χ3v) is 4.53. The first kappa shape index (κ1) is 16.1. The molecule has 0 aliphatic rings. The van der Waals surface area contributed by atoms with E-state index in [1.807, 2.05) is 13.1 Å². The first-order chi connectivity index (χ1) is 10.2. The lowest BCUT2D eigenvalue weighted by Crippen LogP contribution is -2.28. The van der Waals surface area contributed by atoms with Gasteiger partial charge in [-0.3, -0.25) is 0 Å². The lowest BCUT2D eigenvalue weighted by atomic mass is 9.99. The molecule has 0 aliphatic heterocycles. The molecule has 0 saturated heterocycles. The summed E-state index contributed by atoms with van der Waals surface area (Å²) in [5, 5.41) is 3.42. The third-order valence-electron chi connectivity index (χ3n) is 3.75. The van der Waals surface area contributed by atoms with Crippen molar-refractivity contribution in [2.75, 3.05) is 14.2 Å². The van der Waals surface area contributed by atoms with Crippen molar-refractivity contribution in [1.29, 1.82) is 0 Å². The van der Waals surface area contributed by atoms with Crippen LogP contribution in [0.3, 0.4) is 0 Å². The summed E-state index contributed by atoms with van der Waals surface area (Å²) in [5.41, 5.74) is 2.67. The van der Waals surface area contributed by atoms with Crippen LogP contribution in [0, 0.1) is 0 Å². The second-order valence-corrected chi connectivity index (χ2v) is 6.03. The van der Waals surface area contributed by atoms with Crippen molar-refractivity contribution in [3.05, 3.63) is 64.1 Å². The average molecular weight is 348 g/mol. The second kappa shape index (κ2) is 8.20. The molecular weight excluding hydrogens is 326 g/mol. The highest BCUT2D eigenvalue weighted by atomic mass is 79.9. The molecule has 0 heterocycles. The smallest absolute Gasteiger partial charge is 0.119 e. The van der Waals surface area contributed by atoms with Gasteiger partial charge in [0.15, 0.2) is 0 Å². The quantitative estimate of drug-likeness (QED) is 0.809. The number of aryl methyl sites for hydroxylation is 1. The molecule has 0 amide bonds. The van der Waals surface area contributed by atoms with E-state index in [9.17, 15) is 0 Å². The summed E-state index contributed by atoms with van der Waals surface area (Å²) in [6, 6.07) is 17.2. The van der Waals surface area contributed by atoms with Crippen LogP contribution in [0.2, 0.25) is 0 Å². The van der Waals surface area contributed by atoms with Crippen LogP contribution >= 0.6 is 15.9 Å². The summed E-state index contributed by atoms with van der Waals surface area (Å²) in [4.78, 5) is 0. The fourth-order valence-corrected chi connectivity index (χ4v) is 2.84. The van der Waals surface area contributed by atoms with Crippen LogP contribution in [-0.4, -0.2) is 20.2 Å². The van der Waals surface area contributed by atoms with Crippen LogP contribution < -0.4 is 10.1 Å². The van der Waals surface area contributed by atoms with Crippen LogP contribution in [-0.2, 0) is 12.8 Å². The molecule has 2 nitrogen and oxygen atoms in total. The molecule has 1 unspecified atom stereocenters. The van der Waals surface area contributed by atoms with Gasteiger partial charge in [0.25, 0.3) is 0 Å². The van der Waals surface area contributed by atoms with Crippen molar-refractivity contribution in [3.8, 4) is 5.75 Å². The summed E-state index contributed by atoms with van der Waals surface area (Å²) in [5.74, 6) is 0.908. The minimum absolute atomic E-state index is 0.452. The van der Waals surface area contributed by atoms with E-state index in [-0.39, 0.29) is 0 Å². The van der Waals surface area contributed by atoms with Gasteiger partial charge in [-0.2, -0.15) is 0 Å². The van der Waals surface area contributed by atoms with Crippen LogP contribution in [0.4, 0.5) is 0 Å². The van der Waals surface area contributed by atoms with Crippen molar-refractivity contribution in [2.24, 2.45) is 0 Å². The van der Waals surface area contributed by atoms with Gasteiger partial charge in [-0.05, 0) is 55.6 Å². The molecule has 0 saturated carbocycles. The molecule has 1 atom stereocenters. The summed E-state index contributed by atoms with van der Waals surface area (Å²) in [6.07, 6.45) is 3.19. The number of ether oxygens (including phenoxy) is 1. The van der Waals surface area contributed by atoms with E-state index in [1.54, 1.807) is 7.11 Å². The van der Waals surface area contributed by atoms with Gasteiger partial charge in [0.2, 0.25) is 0 Å². The number of halogens is 1. The number of hydrogen-bond acceptors (Lipinski definition) is 2. The molecule has 112 valence electrons. The zero-order valence-electron chi connectivity index (χ0n) is 12.6. The number of likely N-dealkylation sites (N-methyl/N-ethyl adjacent to an activating group) is 1. The predicted molar refractivity (Wildman–Crippen MR) is 92.0 cm³/mol. The summed E-state index contributed by atoms with van der Waals surface area (Å²) >= 11 is 3.63. The number of hydrogen-bond donors (Lipinski definition) is 1. The van der Waals surface area contributed by atoms with Gasteiger partial charge in [-0.25, -0.2) is 0 Å². The van der Waals surface area contributed by atoms with Gasteiger partial charge in [-0.15, -0.1) is 0 Å². The summed E-state index contributed by atoms with van der Waals surface area (Å²) in [7, 11) is 3.74. The van der Waals surface area contributed by atoms with E-state index in [0.717, 1.165) is 29.5 Å². The zero-order chi connectivity index (χ0) is 15.1. The fraction of sp³-hybridized carbons (Fsp3) is 0.333. The monoisotopic (exact) mass is 347 g/mol. The fourth-order valence-electron chi connectivity index (χ4n) is 2.43. The minimum atomic E-state index is 0.452. The molecule has 1 N–H and O–H groups in total. The molecule has 0 radical (unpaired) electrons. The maximum atomic E-state index is 5.31. The highest BCUT2D eigenvalue weighted by Crippen LogP contribution is 2.24. The largest absolute Gasteiger partial charge is 0.497 e. The maximum absolute atomic E-state index is 5.31. The molecule has 0 aromatic heterocycles.